The van der Waals surface area contributed by atoms with Gasteiger partial charge in [0.1, 0.15) is 11.0 Å². The molecule has 1 aromatic carbocycles. The van der Waals surface area contributed by atoms with Crippen molar-refractivity contribution in [3.8, 4) is 0 Å². The van der Waals surface area contributed by atoms with Gasteiger partial charge in [0.2, 0.25) is 0 Å². The number of nitrogens with one attached hydrogen (secondary N) is 1. The average Bonchev–Trinajstić information content (AvgIpc) is 3.16. The zero-order valence-corrected chi connectivity index (χ0v) is 16.6. The molecule has 2 heterocycles. The number of hydrogen-bond donors (Lipinski definition) is 1. The van der Waals surface area contributed by atoms with Gasteiger partial charge in [0.05, 0.1) is 11.3 Å². The smallest absolute Gasteiger partial charge is 0.339 e. The molecule has 3 aromatic rings. The highest BCUT2D eigenvalue weighted by molar-refractivity contribution is 7.11. The quantitative estimate of drug-likeness (QED) is 0.699. The first-order valence-electron chi connectivity index (χ1n) is 8.48. The number of hydrogen-bond acceptors (Lipinski definition) is 4. The van der Waals surface area contributed by atoms with Crippen LogP contribution in [0.5, 0.6) is 0 Å². The normalized spacial score (nSPS) is 12.8. The Morgan fingerprint density at radius 1 is 1.18 bits per heavy atom. The van der Waals surface area contributed by atoms with Crippen LogP contribution in [-0.4, -0.2) is 20.7 Å². The van der Waals surface area contributed by atoms with Crippen LogP contribution in [0.15, 0.2) is 30.5 Å². The summed E-state index contributed by atoms with van der Waals surface area (Å²) in [5, 5.41) is 6.73. The van der Waals surface area contributed by atoms with E-state index in [1.165, 1.54) is 18.4 Å². The van der Waals surface area contributed by atoms with Crippen LogP contribution in [0.1, 0.15) is 48.8 Å². The molecule has 0 aliphatic carbocycles. The molecular formula is C19H19F3N4OS. The van der Waals surface area contributed by atoms with Crippen molar-refractivity contribution in [1.82, 2.24) is 20.1 Å². The lowest BCUT2D eigenvalue weighted by atomic mass is 10.0. The number of carbonyl (C=O) groups is 1. The van der Waals surface area contributed by atoms with E-state index in [4.69, 9.17) is 0 Å². The van der Waals surface area contributed by atoms with Gasteiger partial charge < -0.3 is 5.32 Å². The average molecular weight is 408 g/mol. The fourth-order valence-electron chi connectivity index (χ4n) is 2.74. The summed E-state index contributed by atoms with van der Waals surface area (Å²) in [6.45, 7) is 5.69. The van der Waals surface area contributed by atoms with Crippen LogP contribution in [0, 0.1) is 20.8 Å². The molecule has 0 aliphatic rings. The summed E-state index contributed by atoms with van der Waals surface area (Å²) in [5.74, 6) is -0.850. The number of benzene rings is 1. The molecule has 0 bridgehead atoms. The molecule has 1 atom stereocenters. The molecular weight excluding hydrogens is 389 g/mol. The Kier molecular flexibility index (Phi) is 5.29. The van der Waals surface area contributed by atoms with Crippen molar-refractivity contribution in [2.75, 3.05) is 0 Å². The molecule has 1 unspecified atom stereocenters. The van der Waals surface area contributed by atoms with Crippen molar-refractivity contribution in [1.29, 1.82) is 0 Å². The lowest BCUT2D eigenvalue weighted by molar-refractivity contribution is -0.141. The van der Waals surface area contributed by atoms with Crippen molar-refractivity contribution in [3.05, 3.63) is 68.4 Å². The number of carbonyl (C=O) groups excluding carboxylic acids is 1. The Balaban J connectivity index is 2.00. The van der Waals surface area contributed by atoms with E-state index in [0.717, 1.165) is 32.6 Å². The Labute approximate surface area is 164 Å². The van der Waals surface area contributed by atoms with Gasteiger partial charge in [-0.2, -0.15) is 18.3 Å². The zero-order valence-electron chi connectivity index (χ0n) is 15.8. The summed E-state index contributed by atoms with van der Waals surface area (Å²) in [4.78, 5) is 18.2. The third kappa shape index (κ3) is 4.09. The van der Waals surface area contributed by atoms with Crippen LogP contribution in [0.3, 0.4) is 0 Å². The summed E-state index contributed by atoms with van der Waals surface area (Å²) >= 11 is 1.40. The monoisotopic (exact) mass is 408 g/mol. The molecule has 0 saturated heterocycles. The largest absolute Gasteiger partial charge is 0.435 e. The minimum Gasteiger partial charge on any atom is -0.339 e. The fourth-order valence-corrected chi connectivity index (χ4v) is 3.74. The number of halogens is 3. The van der Waals surface area contributed by atoms with E-state index in [0.29, 0.717) is 5.01 Å². The molecule has 0 spiro atoms. The van der Waals surface area contributed by atoms with Crippen LogP contribution < -0.4 is 5.32 Å². The topological polar surface area (TPSA) is 59.8 Å². The highest BCUT2D eigenvalue weighted by atomic mass is 32.1. The zero-order chi connectivity index (χ0) is 20.6. The number of nitrogens with zero attached hydrogens (tertiary/aromatic N) is 3. The number of aromatic nitrogens is 3. The van der Waals surface area contributed by atoms with Gasteiger partial charge in [-0.25, -0.2) is 4.98 Å². The van der Waals surface area contributed by atoms with Crippen molar-refractivity contribution < 1.29 is 18.0 Å². The maximum Gasteiger partial charge on any atom is 0.435 e. The van der Waals surface area contributed by atoms with Crippen molar-refractivity contribution in [2.24, 2.45) is 7.05 Å². The first kappa shape index (κ1) is 20.1. The second-order valence-electron chi connectivity index (χ2n) is 6.57. The van der Waals surface area contributed by atoms with Crippen LogP contribution in [0.4, 0.5) is 13.2 Å². The van der Waals surface area contributed by atoms with Gasteiger partial charge in [0, 0.05) is 18.1 Å². The molecule has 2 aromatic heterocycles. The minimum atomic E-state index is -4.72. The van der Waals surface area contributed by atoms with Gasteiger partial charge in [-0.3, -0.25) is 9.48 Å². The van der Waals surface area contributed by atoms with Gasteiger partial charge in [-0.15, -0.1) is 11.3 Å². The summed E-state index contributed by atoms with van der Waals surface area (Å²) < 4.78 is 40.7. The molecule has 0 radical (unpaired) electrons. The van der Waals surface area contributed by atoms with Crippen LogP contribution >= 0.6 is 11.3 Å². The standard InChI is InChI=1S/C19H19F3N4OS/c1-10-5-7-13(8-6-10)15(18-23-11(2)12(3)28-18)24-17(27)14-9-26(4)25-16(14)19(20,21)22/h5-9,15H,1-4H3,(H,24,27). The summed E-state index contributed by atoms with van der Waals surface area (Å²) in [6, 6.07) is 6.77. The third-order valence-electron chi connectivity index (χ3n) is 4.32. The highest BCUT2D eigenvalue weighted by Gasteiger charge is 2.39. The predicted molar refractivity (Wildman–Crippen MR) is 100 cm³/mol. The van der Waals surface area contributed by atoms with Crippen LogP contribution in [0.2, 0.25) is 0 Å². The molecule has 0 fully saturated rings. The van der Waals surface area contributed by atoms with E-state index in [2.05, 4.69) is 15.4 Å². The van der Waals surface area contributed by atoms with E-state index in [9.17, 15) is 18.0 Å². The van der Waals surface area contributed by atoms with Gasteiger partial charge in [0.15, 0.2) is 5.69 Å². The number of rotatable bonds is 4. The first-order valence-corrected chi connectivity index (χ1v) is 9.30. The molecule has 5 nitrogen and oxygen atoms in total. The van der Waals surface area contributed by atoms with Crippen LogP contribution in [-0.2, 0) is 13.2 Å². The van der Waals surface area contributed by atoms with E-state index < -0.39 is 29.4 Å². The second-order valence-corrected chi connectivity index (χ2v) is 7.81. The number of thiazole rings is 1. The fraction of sp³-hybridized carbons (Fsp3) is 0.316. The van der Waals surface area contributed by atoms with E-state index in [1.54, 1.807) is 0 Å². The number of aryl methyl sites for hydroxylation is 4. The maximum absolute atomic E-state index is 13.2. The lowest BCUT2D eigenvalue weighted by Gasteiger charge is -2.17. The van der Waals surface area contributed by atoms with Crippen LogP contribution in [0.25, 0.3) is 0 Å². The molecule has 28 heavy (non-hydrogen) atoms. The van der Waals surface area contributed by atoms with Gasteiger partial charge in [-0.1, -0.05) is 29.8 Å². The van der Waals surface area contributed by atoms with Gasteiger partial charge in [-0.05, 0) is 26.3 Å². The van der Waals surface area contributed by atoms with Crippen molar-refractivity contribution in [3.63, 3.8) is 0 Å². The third-order valence-corrected chi connectivity index (χ3v) is 5.46. The van der Waals surface area contributed by atoms with Crippen molar-refractivity contribution >= 4 is 17.2 Å². The predicted octanol–water partition coefficient (Wildman–Crippen LogP) is 4.34. The van der Waals surface area contributed by atoms with E-state index in [1.807, 2.05) is 45.0 Å². The Hall–Kier alpha value is -2.68. The molecule has 1 N–H and O–H groups in total. The highest BCUT2D eigenvalue weighted by Crippen LogP contribution is 2.32. The SMILES string of the molecule is Cc1ccc(C(NC(=O)c2cn(C)nc2C(F)(F)F)c2nc(C)c(C)s2)cc1. The Morgan fingerprint density at radius 3 is 2.36 bits per heavy atom. The summed E-state index contributed by atoms with van der Waals surface area (Å²) in [6.07, 6.45) is -3.65. The Morgan fingerprint density at radius 2 is 1.82 bits per heavy atom. The molecule has 0 saturated carbocycles. The minimum absolute atomic E-state index is 0.517. The maximum atomic E-state index is 13.2. The van der Waals surface area contributed by atoms with E-state index >= 15 is 0 Å². The molecule has 0 aliphatic heterocycles. The lowest BCUT2D eigenvalue weighted by Crippen LogP contribution is -2.30. The number of amides is 1. The molecule has 148 valence electrons. The molecule has 1 amide bonds. The number of alkyl halides is 3. The summed E-state index contributed by atoms with van der Waals surface area (Å²) in [5.41, 5.74) is 0.875. The first-order chi connectivity index (χ1) is 13.1. The molecule has 3 rings (SSSR count). The van der Waals surface area contributed by atoms with Crippen molar-refractivity contribution in [2.45, 2.75) is 33.0 Å². The molecule has 9 heteroatoms. The Bertz CT molecular complexity index is 986. The second kappa shape index (κ2) is 7.38. The van der Waals surface area contributed by atoms with Gasteiger partial charge in [0.25, 0.3) is 5.91 Å². The van der Waals surface area contributed by atoms with Gasteiger partial charge >= 0.3 is 6.18 Å². The summed E-state index contributed by atoms with van der Waals surface area (Å²) in [7, 11) is 1.34. The van der Waals surface area contributed by atoms with E-state index in [-0.39, 0.29) is 0 Å².